The number of hydrogen-bond acceptors (Lipinski definition) is 3. The summed E-state index contributed by atoms with van der Waals surface area (Å²) in [4.78, 5) is 18.9. The van der Waals surface area contributed by atoms with Gasteiger partial charge in [-0.1, -0.05) is 30.7 Å². The molecule has 6 nitrogen and oxygen atoms in total. The van der Waals surface area contributed by atoms with Gasteiger partial charge in [0.05, 0.1) is 17.8 Å². The van der Waals surface area contributed by atoms with Gasteiger partial charge in [0.1, 0.15) is 0 Å². The first-order chi connectivity index (χ1) is 18.7. The van der Waals surface area contributed by atoms with Gasteiger partial charge in [0, 0.05) is 46.1 Å². The molecule has 2 aromatic heterocycles. The topological polar surface area (TPSA) is 62.2 Å². The number of nitrogens with one attached hydrogen (secondary N) is 2. The van der Waals surface area contributed by atoms with E-state index in [1.54, 1.807) is 0 Å². The van der Waals surface area contributed by atoms with E-state index in [1.807, 2.05) is 68.6 Å². The van der Waals surface area contributed by atoms with Crippen LogP contribution < -0.4 is 15.5 Å². The average Bonchev–Trinajstić information content (AvgIpc) is 3.41. The molecule has 1 saturated heterocycles. The van der Waals surface area contributed by atoms with E-state index < -0.39 is 0 Å². The molecule has 0 spiro atoms. The normalized spacial score (nSPS) is 16.9. The highest BCUT2D eigenvalue weighted by Gasteiger charge is 2.42. The van der Waals surface area contributed by atoms with Crippen LogP contribution in [0.2, 0.25) is 5.02 Å². The lowest BCUT2D eigenvalue weighted by Gasteiger charge is -2.29. The van der Waals surface area contributed by atoms with Gasteiger partial charge in [-0.15, -0.1) is 0 Å². The number of pyridine rings is 1. The van der Waals surface area contributed by atoms with Gasteiger partial charge in [-0.2, -0.15) is 0 Å². The van der Waals surface area contributed by atoms with Crippen LogP contribution in [0.4, 0.5) is 11.4 Å². The first-order valence-electron chi connectivity index (χ1n) is 13.1. The molecule has 5 rings (SSSR count). The van der Waals surface area contributed by atoms with Crippen LogP contribution in [0, 0.1) is 27.7 Å². The van der Waals surface area contributed by atoms with E-state index in [-0.39, 0.29) is 18.0 Å². The molecule has 0 unspecified atom stereocenters. The standard InChI is InChI=1S/C31H32ClN5OS/c1-6-28(38)34-25-13-12-23(15-19(25)3)37-30(29(35-31(37)39)26-9-7-8-14-33-26)24-16-20(4)36(21(24)5)27-17-22(32)11-10-18(27)2/h7-17,29-30H,6H2,1-5H3,(H,34,38)(H,35,39)/t29-,30+/m1/s1. The smallest absolute Gasteiger partial charge is 0.224 e. The van der Waals surface area contributed by atoms with Crippen molar-refractivity contribution in [3.63, 3.8) is 0 Å². The molecule has 8 heteroatoms. The third-order valence-electron chi connectivity index (χ3n) is 7.38. The van der Waals surface area contributed by atoms with E-state index in [2.05, 4.69) is 53.0 Å². The van der Waals surface area contributed by atoms with Crippen molar-refractivity contribution >= 4 is 46.2 Å². The van der Waals surface area contributed by atoms with Crippen molar-refractivity contribution in [1.29, 1.82) is 0 Å². The second-order valence-corrected chi connectivity index (χ2v) is 10.8. The quantitative estimate of drug-likeness (QED) is 0.244. The molecule has 1 amide bonds. The van der Waals surface area contributed by atoms with Crippen LogP contribution >= 0.6 is 23.8 Å². The molecule has 0 bridgehead atoms. The molecule has 1 aliphatic heterocycles. The molecule has 0 radical (unpaired) electrons. The van der Waals surface area contributed by atoms with Crippen molar-refractivity contribution in [3.05, 3.63) is 106 Å². The van der Waals surface area contributed by atoms with E-state index in [1.165, 1.54) is 0 Å². The van der Waals surface area contributed by atoms with Gasteiger partial charge in [0.25, 0.3) is 0 Å². The number of amides is 1. The minimum Gasteiger partial charge on any atom is -0.351 e. The molecule has 3 heterocycles. The number of carbonyl (C=O) groups is 1. The summed E-state index contributed by atoms with van der Waals surface area (Å²) in [7, 11) is 0. The van der Waals surface area contributed by atoms with Crippen molar-refractivity contribution in [1.82, 2.24) is 14.9 Å². The van der Waals surface area contributed by atoms with Gasteiger partial charge in [0.2, 0.25) is 5.91 Å². The number of nitrogens with zero attached hydrogens (tertiary/aromatic N) is 3. The lowest BCUT2D eigenvalue weighted by atomic mass is 9.96. The zero-order chi connectivity index (χ0) is 27.8. The minimum absolute atomic E-state index is 0.0129. The lowest BCUT2D eigenvalue weighted by molar-refractivity contribution is -0.115. The number of carbonyl (C=O) groups excluding carboxylic acids is 1. The molecule has 0 saturated carbocycles. The maximum atomic E-state index is 12.0. The summed E-state index contributed by atoms with van der Waals surface area (Å²) in [5.41, 5.74) is 9.22. The fourth-order valence-electron chi connectivity index (χ4n) is 5.41. The zero-order valence-electron chi connectivity index (χ0n) is 22.7. The van der Waals surface area contributed by atoms with Gasteiger partial charge in [-0.3, -0.25) is 9.78 Å². The largest absolute Gasteiger partial charge is 0.351 e. The lowest BCUT2D eigenvalue weighted by Crippen LogP contribution is -2.29. The molecule has 4 aromatic rings. The van der Waals surface area contributed by atoms with E-state index >= 15 is 0 Å². The number of anilines is 2. The van der Waals surface area contributed by atoms with Crippen LogP contribution in [0.25, 0.3) is 5.69 Å². The van der Waals surface area contributed by atoms with Crippen LogP contribution in [0.3, 0.4) is 0 Å². The highest BCUT2D eigenvalue weighted by molar-refractivity contribution is 7.80. The van der Waals surface area contributed by atoms with E-state index in [4.69, 9.17) is 28.8 Å². The summed E-state index contributed by atoms with van der Waals surface area (Å²) in [6, 6.07) is 19.9. The van der Waals surface area contributed by atoms with Gasteiger partial charge in [-0.05, 0) is 105 Å². The van der Waals surface area contributed by atoms with Crippen LogP contribution in [0.1, 0.15) is 59.2 Å². The molecule has 2 N–H and O–H groups in total. The second kappa shape index (κ2) is 10.8. The summed E-state index contributed by atoms with van der Waals surface area (Å²) in [5.74, 6) is -0.0129. The summed E-state index contributed by atoms with van der Waals surface area (Å²) in [6.45, 7) is 10.2. The van der Waals surface area contributed by atoms with E-state index in [0.717, 1.165) is 50.8 Å². The first-order valence-corrected chi connectivity index (χ1v) is 13.8. The third kappa shape index (κ3) is 5.04. The molecule has 1 fully saturated rings. The Morgan fingerprint density at radius 3 is 2.54 bits per heavy atom. The second-order valence-electron chi connectivity index (χ2n) is 9.99. The molecular weight excluding hydrogens is 526 g/mol. The molecule has 200 valence electrons. The summed E-state index contributed by atoms with van der Waals surface area (Å²) < 4.78 is 2.26. The molecule has 1 aliphatic rings. The number of thiocarbonyl (C=S) groups is 1. The van der Waals surface area contributed by atoms with E-state index in [0.29, 0.717) is 16.6 Å². The third-order valence-corrected chi connectivity index (χ3v) is 7.93. The molecule has 2 atom stereocenters. The number of aryl methyl sites for hydroxylation is 3. The number of benzene rings is 2. The van der Waals surface area contributed by atoms with Crippen LogP contribution in [0.5, 0.6) is 0 Å². The Bertz CT molecular complexity index is 1560. The summed E-state index contributed by atoms with van der Waals surface area (Å²) >= 11 is 12.4. The average molecular weight is 558 g/mol. The summed E-state index contributed by atoms with van der Waals surface area (Å²) in [5, 5.41) is 7.87. The maximum Gasteiger partial charge on any atom is 0.224 e. The molecule has 39 heavy (non-hydrogen) atoms. The maximum absolute atomic E-state index is 12.0. The SMILES string of the molecule is CCC(=O)Nc1ccc(N2C(=S)N[C@H](c3ccccn3)[C@@H]2c2cc(C)n(-c3cc(Cl)ccc3C)c2C)cc1C. The fraction of sp³-hybridized carbons (Fsp3) is 0.258. The minimum atomic E-state index is -0.159. The highest BCUT2D eigenvalue weighted by Crippen LogP contribution is 2.44. The van der Waals surface area contributed by atoms with Crippen LogP contribution in [0.15, 0.2) is 66.9 Å². The Kier molecular flexibility index (Phi) is 7.47. The number of halogens is 1. The van der Waals surface area contributed by atoms with Crippen LogP contribution in [-0.4, -0.2) is 20.6 Å². The van der Waals surface area contributed by atoms with Gasteiger partial charge in [-0.25, -0.2) is 0 Å². The zero-order valence-corrected chi connectivity index (χ0v) is 24.3. The Balaban J connectivity index is 1.65. The van der Waals surface area contributed by atoms with Gasteiger partial charge in [0.15, 0.2) is 5.11 Å². The Morgan fingerprint density at radius 2 is 1.85 bits per heavy atom. The Morgan fingerprint density at radius 1 is 1.05 bits per heavy atom. The number of rotatable bonds is 6. The van der Waals surface area contributed by atoms with Crippen molar-refractivity contribution in [2.75, 3.05) is 10.2 Å². The van der Waals surface area contributed by atoms with Gasteiger partial charge < -0.3 is 20.1 Å². The fourth-order valence-corrected chi connectivity index (χ4v) is 5.92. The van der Waals surface area contributed by atoms with Crippen LogP contribution in [-0.2, 0) is 4.79 Å². The first kappa shape index (κ1) is 26.9. The molecular formula is C31H32ClN5OS. The number of hydrogen-bond donors (Lipinski definition) is 2. The monoisotopic (exact) mass is 557 g/mol. The van der Waals surface area contributed by atoms with Crippen molar-refractivity contribution in [2.45, 2.75) is 53.1 Å². The predicted octanol–water partition coefficient (Wildman–Crippen LogP) is 7.28. The number of aromatic nitrogens is 2. The Labute approximate surface area is 240 Å². The Hall–Kier alpha value is -3.68. The van der Waals surface area contributed by atoms with Crippen molar-refractivity contribution < 1.29 is 4.79 Å². The van der Waals surface area contributed by atoms with Crippen molar-refractivity contribution in [3.8, 4) is 5.69 Å². The molecule has 0 aliphatic carbocycles. The summed E-state index contributed by atoms with van der Waals surface area (Å²) in [6.07, 6.45) is 2.24. The highest BCUT2D eigenvalue weighted by atomic mass is 35.5. The predicted molar refractivity (Wildman–Crippen MR) is 163 cm³/mol. The van der Waals surface area contributed by atoms with Crippen molar-refractivity contribution in [2.24, 2.45) is 0 Å². The van der Waals surface area contributed by atoms with E-state index in [9.17, 15) is 4.79 Å². The molecule has 2 aromatic carbocycles. The van der Waals surface area contributed by atoms with Gasteiger partial charge >= 0.3 is 0 Å².